The molecular formula is C9H8BrClO2. The Morgan fingerprint density at radius 2 is 2.23 bits per heavy atom. The summed E-state index contributed by atoms with van der Waals surface area (Å²) in [6, 6.07) is 3.36. The highest BCUT2D eigenvalue weighted by Crippen LogP contribution is 2.25. The molecule has 0 aliphatic rings. The van der Waals surface area contributed by atoms with E-state index in [2.05, 4.69) is 15.9 Å². The zero-order valence-electron chi connectivity index (χ0n) is 6.97. The Bertz CT molecular complexity index is 350. The van der Waals surface area contributed by atoms with E-state index in [4.69, 9.17) is 16.7 Å². The van der Waals surface area contributed by atoms with Gasteiger partial charge in [-0.1, -0.05) is 34.5 Å². The minimum absolute atomic E-state index is 0.201. The number of carboxylic acids is 1. The van der Waals surface area contributed by atoms with Crippen molar-refractivity contribution >= 4 is 33.5 Å². The maximum absolute atomic E-state index is 10.8. The number of hydrogen-bond donors (Lipinski definition) is 1. The molecule has 0 radical (unpaired) electrons. The normalized spacial score (nSPS) is 10.1. The van der Waals surface area contributed by atoms with E-state index in [9.17, 15) is 4.79 Å². The zero-order valence-corrected chi connectivity index (χ0v) is 9.32. The molecule has 0 amide bonds. The molecule has 0 heterocycles. The third kappa shape index (κ3) is 2.23. The van der Waals surface area contributed by atoms with E-state index >= 15 is 0 Å². The zero-order chi connectivity index (χ0) is 10.0. The third-order valence-electron chi connectivity index (χ3n) is 1.73. The van der Waals surface area contributed by atoms with Crippen LogP contribution in [0.1, 0.15) is 22.8 Å². The summed E-state index contributed by atoms with van der Waals surface area (Å²) in [5, 5.41) is 9.15. The van der Waals surface area contributed by atoms with E-state index in [0.29, 0.717) is 6.42 Å². The molecule has 1 rings (SSSR count). The summed E-state index contributed by atoms with van der Waals surface area (Å²) in [7, 11) is 0. The number of aromatic carboxylic acids is 1. The van der Waals surface area contributed by atoms with Crippen LogP contribution in [0, 0.1) is 0 Å². The highest BCUT2D eigenvalue weighted by atomic mass is 79.9. The van der Waals surface area contributed by atoms with E-state index in [-0.39, 0.29) is 10.6 Å². The van der Waals surface area contributed by atoms with Crippen LogP contribution in [0.5, 0.6) is 0 Å². The first-order valence-electron chi connectivity index (χ1n) is 3.77. The summed E-state index contributed by atoms with van der Waals surface area (Å²) in [4.78, 5) is 10.8. The second-order valence-corrected chi connectivity index (χ2v) is 3.90. The van der Waals surface area contributed by atoms with Crippen molar-refractivity contribution in [2.24, 2.45) is 0 Å². The number of carboxylic acid groups (broad SMARTS) is 1. The van der Waals surface area contributed by atoms with E-state index in [1.54, 1.807) is 12.1 Å². The molecule has 0 saturated heterocycles. The Balaban J connectivity index is 3.38. The minimum atomic E-state index is -0.977. The summed E-state index contributed by atoms with van der Waals surface area (Å²) in [6.45, 7) is 1.89. The van der Waals surface area contributed by atoms with E-state index in [1.807, 2.05) is 6.92 Å². The van der Waals surface area contributed by atoms with Crippen LogP contribution in [0.3, 0.4) is 0 Å². The Hall–Kier alpha value is -0.540. The molecule has 0 aliphatic carbocycles. The van der Waals surface area contributed by atoms with Crippen molar-refractivity contribution < 1.29 is 9.90 Å². The van der Waals surface area contributed by atoms with Gasteiger partial charge in [0.1, 0.15) is 0 Å². The Morgan fingerprint density at radius 3 is 2.69 bits per heavy atom. The lowest BCUT2D eigenvalue weighted by Gasteiger charge is -2.06. The molecule has 0 saturated carbocycles. The van der Waals surface area contributed by atoms with Gasteiger partial charge < -0.3 is 5.11 Å². The quantitative estimate of drug-likeness (QED) is 0.888. The molecule has 2 nitrogen and oxygen atoms in total. The summed E-state index contributed by atoms with van der Waals surface area (Å²) >= 11 is 9.06. The van der Waals surface area contributed by atoms with E-state index in [0.717, 1.165) is 10.0 Å². The summed E-state index contributed by atoms with van der Waals surface area (Å²) in [5.74, 6) is -0.977. The highest BCUT2D eigenvalue weighted by Gasteiger charge is 2.13. The first kappa shape index (κ1) is 10.5. The molecule has 0 fully saturated rings. The highest BCUT2D eigenvalue weighted by molar-refractivity contribution is 9.10. The van der Waals surface area contributed by atoms with Crippen molar-refractivity contribution in [3.05, 3.63) is 32.8 Å². The molecule has 1 N–H and O–H groups in total. The number of halogens is 2. The van der Waals surface area contributed by atoms with Crippen molar-refractivity contribution in [2.45, 2.75) is 13.3 Å². The topological polar surface area (TPSA) is 37.3 Å². The van der Waals surface area contributed by atoms with Crippen molar-refractivity contribution in [1.82, 2.24) is 0 Å². The van der Waals surface area contributed by atoms with Gasteiger partial charge in [0.05, 0.1) is 10.6 Å². The fourth-order valence-electron chi connectivity index (χ4n) is 1.15. The van der Waals surface area contributed by atoms with Crippen LogP contribution >= 0.6 is 27.5 Å². The van der Waals surface area contributed by atoms with Crippen molar-refractivity contribution in [2.75, 3.05) is 0 Å². The smallest absolute Gasteiger partial charge is 0.337 e. The van der Waals surface area contributed by atoms with Crippen LogP contribution < -0.4 is 0 Å². The largest absolute Gasteiger partial charge is 0.478 e. The summed E-state index contributed by atoms with van der Waals surface area (Å²) in [6.07, 6.45) is 0.654. The van der Waals surface area contributed by atoms with Gasteiger partial charge in [-0.25, -0.2) is 4.79 Å². The standard InChI is InChI=1S/C9H8BrClO2/c1-2-5-3-6(10)4-7(11)8(5)9(12)13/h3-4H,2H2,1H3,(H,12,13). The first-order chi connectivity index (χ1) is 6.06. The molecule has 1 aromatic rings. The SMILES string of the molecule is CCc1cc(Br)cc(Cl)c1C(=O)O. The minimum Gasteiger partial charge on any atom is -0.478 e. The molecule has 0 atom stereocenters. The third-order valence-corrected chi connectivity index (χ3v) is 2.49. The Morgan fingerprint density at radius 1 is 1.62 bits per heavy atom. The molecule has 0 aromatic heterocycles. The van der Waals surface area contributed by atoms with Crippen LogP contribution in [-0.2, 0) is 6.42 Å². The second kappa shape index (κ2) is 4.11. The summed E-state index contributed by atoms with van der Waals surface area (Å²) in [5.41, 5.74) is 0.944. The number of aryl methyl sites for hydroxylation is 1. The van der Waals surface area contributed by atoms with E-state index < -0.39 is 5.97 Å². The fourth-order valence-corrected chi connectivity index (χ4v) is 2.10. The van der Waals surface area contributed by atoms with Gasteiger partial charge in [0, 0.05) is 4.47 Å². The van der Waals surface area contributed by atoms with Crippen LogP contribution in [0.4, 0.5) is 0 Å². The molecule has 70 valence electrons. The maximum Gasteiger partial charge on any atom is 0.337 e. The lowest BCUT2D eigenvalue weighted by molar-refractivity contribution is 0.0696. The van der Waals surface area contributed by atoms with Gasteiger partial charge in [0.2, 0.25) is 0 Å². The number of rotatable bonds is 2. The van der Waals surface area contributed by atoms with Crippen LogP contribution in [0.15, 0.2) is 16.6 Å². The number of benzene rings is 1. The van der Waals surface area contributed by atoms with Crippen LogP contribution in [-0.4, -0.2) is 11.1 Å². The second-order valence-electron chi connectivity index (χ2n) is 2.58. The fraction of sp³-hybridized carbons (Fsp3) is 0.222. The predicted octanol–water partition coefficient (Wildman–Crippen LogP) is 3.36. The molecular weight excluding hydrogens is 255 g/mol. The first-order valence-corrected chi connectivity index (χ1v) is 4.94. The molecule has 13 heavy (non-hydrogen) atoms. The Kier molecular flexibility index (Phi) is 3.33. The average molecular weight is 264 g/mol. The molecule has 4 heteroatoms. The van der Waals surface area contributed by atoms with Gasteiger partial charge in [-0.2, -0.15) is 0 Å². The van der Waals surface area contributed by atoms with Gasteiger partial charge in [-0.3, -0.25) is 0 Å². The van der Waals surface area contributed by atoms with Gasteiger partial charge in [-0.15, -0.1) is 0 Å². The Labute approximate surface area is 89.7 Å². The molecule has 0 spiro atoms. The van der Waals surface area contributed by atoms with Crippen molar-refractivity contribution in [3.63, 3.8) is 0 Å². The van der Waals surface area contributed by atoms with Gasteiger partial charge in [0.15, 0.2) is 0 Å². The van der Waals surface area contributed by atoms with Crippen molar-refractivity contribution in [1.29, 1.82) is 0 Å². The number of hydrogen-bond acceptors (Lipinski definition) is 1. The lowest BCUT2D eigenvalue weighted by Crippen LogP contribution is -2.02. The monoisotopic (exact) mass is 262 g/mol. The molecule has 0 aliphatic heterocycles. The summed E-state index contributed by atoms with van der Waals surface area (Å²) < 4.78 is 0.805. The molecule has 0 bridgehead atoms. The van der Waals surface area contributed by atoms with Crippen LogP contribution in [0.25, 0.3) is 0 Å². The lowest BCUT2D eigenvalue weighted by atomic mass is 10.1. The van der Waals surface area contributed by atoms with Crippen molar-refractivity contribution in [3.8, 4) is 0 Å². The average Bonchev–Trinajstić information content (AvgIpc) is 2.01. The van der Waals surface area contributed by atoms with Crippen LogP contribution in [0.2, 0.25) is 5.02 Å². The van der Waals surface area contributed by atoms with E-state index in [1.165, 1.54) is 0 Å². The molecule has 0 unspecified atom stereocenters. The van der Waals surface area contributed by atoms with Gasteiger partial charge >= 0.3 is 5.97 Å². The van der Waals surface area contributed by atoms with Gasteiger partial charge in [0.25, 0.3) is 0 Å². The van der Waals surface area contributed by atoms with Gasteiger partial charge in [-0.05, 0) is 24.1 Å². The molecule has 1 aromatic carbocycles. The maximum atomic E-state index is 10.8. The number of carbonyl (C=O) groups is 1. The predicted molar refractivity (Wildman–Crippen MR) is 55.5 cm³/mol.